The lowest BCUT2D eigenvalue weighted by Gasteiger charge is -2.04. The fraction of sp³-hybridized carbons (Fsp3) is 0.462. The Labute approximate surface area is 121 Å². The highest BCUT2D eigenvalue weighted by Crippen LogP contribution is 2.28. The second kappa shape index (κ2) is 6.51. The Morgan fingerprint density at radius 1 is 1.50 bits per heavy atom. The van der Waals surface area contributed by atoms with Crippen LogP contribution in [0.5, 0.6) is 0 Å². The summed E-state index contributed by atoms with van der Waals surface area (Å²) in [6, 6.07) is 4.07. The number of thiophene rings is 1. The molecular formula is C13H18N4O2S. The highest BCUT2D eigenvalue weighted by Gasteiger charge is 2.25. The van der Waals surface area contributed by atoms with Crippen molar-refractivity contribution in [1.29, 1.82) is 0 Å². The first-order chi connectivity index (χ1) is 9.63. The van der Waals surface area contributed by atoms with Crippen LogP contribution in [0.2, 0.25) is 0 Å². The number of aryl methyl sites for hydroxylation is 2. The van der Waals surface area contributed by atoms with Gasteiger partial charge >= 0.3 is 5.69 Å². The van der Waals surface area contributed by atoms with Crippen molar-refractivity contribution in [3.05, 3.63) is 38.2 Å². The van der Waals surface area contributed by atoms with Crippen LogP contribution >= 0.6 is 11.3 Å². The van der Waals surface area contributed by atoms with E-state index in [1.54, 1.807) is 23.1 Å². The molecule has 0 radical (unpaired) electrons. The van der Waals surface area contributed by atoms with E-state index in [1.165, 1.54) is 4.88 Å². The van der Waals surface area contributed by atoms with Crippen LogP contribution in [-0.2, 0) is 19.9 Å². The van der Waals surface area contributed by atoms with Crippen molar-refractivity contribution in [2.45, 2.75) is 26.2 Å². The maximum absolute atomic E-state index is 11.2. The zero-order chi connectivity index (χ0) is 14.5. The van der Waals surface area contributed by atoms with Crippen molar-refractivity contribution >= 4 is 22.8 Å². The average Bonchev–Trinajstić information content (AvgIpc) is 2.99. The minimum atomic E-state index is -0.342. The van der Waals surface area contributed by atoms with Crippen LogP contribution in [-0.4, -0.2) is 21.2 Å². The van der Waals surface area contributed by atoms with Gasteiger partial charge in [-0.3, -0.25) is 10.1 Å². The molecule has 2 aromatic rings. The molecule has 0 spiro atoms. The van der Waals surface area contributed by atoms with Crippen LogP contribution in [0.15, 0.2) is 17.5 Å². The molecule has 0 atom stereocenters. The van der Waals surface area contributed by atoms with E-state index in [-0.39, 0.29) is 10.6 Å². The van der Waals surface area contributed by atoms with Gasteiger partial charge in [0.15, 0.2) is 0 Å². The van der Waals surface area contributed by atoms with E-state index in [0.29, 0.717) is 24.5 Å². The molecule has 0 unspecified atom stereocenters. The molecular weight excluding hydrogens is 276 g/mol. The average molecular weight is 294 g/mol. The fourth-order valence-corrected chi connectivity index (χ4v) is 2.83. The molecule has 0 aliphatic carbocycles. The standard InChI is InChI=1S/C13H18N4O2S/c1-3-5-11-12(17(18)19)13(16(2)15-11)14-8-7-10-6-4-9-20-10/h4,6,9,14H,3,5,7-8H2,1-2H3. The smallest absolute Gasteiger partial charge is 0.333 e. The molecule has 0 aliphatic heterocycles. The van der Waals surface area contributed by atoms with Gasteiger partial charge in [-0.1, -0.05) is 19.4 Å². The predicted octanol–water partition coefficient (Wildman–Crippen LogP) is 3.00. The number of nitrogens with one attached hydrogen (secondary N) is 1. The van der Waals surface area contributed by atoms with Crippen LogP contribution in [0.4, 0.5) is 11.5 Å². The first-order valence-corrected chi connectivity index (χ1v) is 7.48. The van der Waals surface area contributed by atoms with Gasteiger partial charge in [0.25, 0.3) is 0 Å². The van der Waals surface area contributed by atoms with Gasteiger partial charge in [0.05, 0.1) is 4.92 Å². The largest absolute Gasteiger partial charge is 0.364 e. The molecule has 2 aromatic heterocycles. The minimum absolute atomic E-state index is 0.112. The topological polar surface area (TPSA) is 73.0 Å². The van der Waals surface area contributed by atoms with Gasteiger partial charge in [-0.05, 0) is 24.3 Å². The van der Waals surface area contributed by atoms with Gasteiger partial charge in [-0.15, -0.1) is 11.3 Å². The highest BCUT2D eigenvalue weighted by molar-refractivity contribution is 7.09. The lowest BCUT2D eigenvalue weighted by atomic mass is 10.2. The number of rotatable bonds is 7. The molecule has 7 heteroatoms. The lowest BCUT2D eigenvalue weighted by Crippen LogP contribution is -2.09. The molecule has 0 bridgehead atoms. The van der Waals surface area contributed by atoms with Crippen LogP contribution in [0.25, 0.3) is 0 Å². The monoisotopic (exact) mass is 294 g/mol. The third-order valence-corrected chi connectivity index (χ3v) is 3.94. The molecule has 0 aliphatic rings. The van der Waals surface area contributed by atoms with Crippen LogP contribution in [0.1, 0.15) is 23.9 Å². The molecule has 20 heavy (non-hydrogen) atoms. The van der Waals surface area contributed by atoms with Crippen molar-refractivity contribution in [2.75, 3.05) is 11.9 Å². The first-order valence-electron chi connectivity index (χ1n) is 6.60. The molecule has 2 rings (SSSR count). The molecule has 6 nitrogen and oxygen atoms in total. The van der Waals surface area contributed by atoms with E-state index in [1.807, 2.05) is 18.4 Å². The van der Waals surface area contributed by atoms with Gasteiger partial charge < -0.3 is 5.32 Å². The van der Waals surface area contributed by atoms with Crippen LogP contribution in [0, 0.1) is 10.1 Å². The van der Waals surface area contributed by atoms with Crippen molar-refractivity contribution in [3.8, 4) is 0 Å². The number of nitrogens with zero attached hydrogens (tertiary/aromatic N) is 3. The fourth-order valence-electron chi connectivity index (χ4n) is 2.12. The maximum Gasteiger partial charge on any atom is 0.333 e. The SMILES string of the molecule is CCCc1nn(C)c(NCCc2cccs2)c1[N+](=O)[O-]. The highest BCUT2D eigenvalue weighted by atomic mass is 32.1. The van der Waals surface area contributed by atoms with E-state index in [9.17, 15) is 10.1 Å². The van der Waals surface area contributed by atoms with Crippen LogP contribution in [0.3, 0.4) is 0 Å². The summed E-state index contributed by atoms with van der Waals surface area (Å²) in [5, 5.41) is 20.7. The quantitative estimate of drug-likeness (QED) is 0.629. The van der Waals surface area contributed by atoms with E-state index in [0.717, 1.165) is 12.8 Å². The molecule has 1 N–H and O–H groups in total. The van der Waals surface area contributed by atoms with Crippen molar-refractivity contribution < 1.29 is 4.92 Å². The minimum Gasteiger partial charge on any atom is -0.364 e. The van der Waals surface area contributed by atoms with Crippen LogP contribution < -0.4 is 5.32 Å². The number of hydrogen-bond donors (Lipinski definition) is 1. The van der Waals surface area contributed by atoms with Gasteiger partial charge in [0.2, 0.25) is 5.82 Å². The number of anilines is 1. The summed E-state index contributed by atoms with van der Waals surface area (Å²) in [5.41, 5.74) is 0.666. The van der Waals surface area contributed by atoms with Crippen molar-refractivity contribution in [2.24, 2.45) is 7.05 Å². The molecule has 0 saturated heterocycles. The Balaban J connectivity index is 2.11. The maximum atomic E-state index is 11.2. The summed E-state index contributed by atoms with van der Waals surface area (Å²) in [6.07, 6.45) is 2.31. The lowest BCUT2D eigenvalue weighted by molar-refractivity contribution is -0.384. The molecule has 2 heterocycles. The Hall–Kier alpha value is -1.89. The molecule has 0 aromatic carbocycles. The molecule has 0 fully saturated rings. The van der Waals surface area contributed by atoms with Gasteiger partial charge in [0, 0.05) is 18.5 Å². The summed E-state index contributed by atoms with van der Waals surface area (Å²) in [5.74, 6) is 0.495. The second-order valence-electron chi connectivity index (χ2n) is 4.53. The third-order valence-electron chi connectivity index (χ3n) is 3.01. The van der Waals surface area contributed by atoms with E-state index < -0.39 is 0 Å². The van der Waals surface area contributed by atoms with Crippen molar-refractivity contribution in [1.82, 2.24) is 9.78 Å². The summed E-state index contributed by atoms with van der Waals surface area (Å²) >= 11 is 1.69. The third kappa shape index (κ3) is 3.16. The van der Waals surface area contributed by atoms with E-state index in [2.05, 4.69) is 16.5 Å². The van der Waals surface area contributed by atoms with Gasteiger partial charge in [-0.25, -0.2) is 4.68 Å². The summed E-state index contributed by atoms with van der Waals surface area (Å²) < 4.78 is 1.57. The summed E-state index contributed by atoms with van der Waals surface area (Å²) in [6.45, 7) is 2.65. The van der Waals surface area contributed by atoms with Gasteiger partial charge in [0.1, 0.15) is 5.69 Å². The Bertz CT molecular complexity index is 577. The normalized spacial score (nSPS) is 10.7. The Morgan fingerprint density at radius 2 is 2.30 bits per heavy atom. The van der Waals surface area contributed by atoms with Crippen molar-refractivity contribution in [3.63, 3.8) is 0 Å². The van der Waals surface area contributed by atoms with Gasteiger partial charge in [-0.2, -0.15) is 5.10 Å². The predicted molar refractivity (Wildman–Crippen MR) is 80.4 cm³/mol. The summed E-state index contributed by atoms with van der Waals surface area (Å²) in [4.78, 5) is 12.2. The zero-order valence-corrected chi connectivity index (χ0v) is 12.4. The Morgan fingerprint density at radius 3 is 2.90 bits per heavy atom. The first kappa shape index (κ1) is 14.5. The number of hydrogen-bond acceptors (Lipinski definition) is 5. The summed E-state index contributed by atoms with van der Waals surface area (Å²) in [7, 11) is 1.74. The molecule has 0 amide bonds. The van der Waals surface area contributed by atoms with E-state index >= 15 is 0 Å². The number of aromatic nitrogens is 2. The molecule has 108 valence electrons. The number of nitro groups is 1. The second-order valence-corrected chi connectivity index (χ2v) is 5.56. The molecule has 0 saturated carbocycles. The Kier molecular flexibility index (Phi) is 4.73. The zero-order valence-electron chi connectivity index (χ0n) is 11.6. The van der Waals surface area contributed by atoms with E-state index in [4.69, 9.17) is 0 Å².